The normalized spacial score (nSPS) is 10.2. The highest BCUT2D eigenvalue weighted by atomic mass is 16.5. The molecule has 0 aliphatic heterocycles. The Morgan fingerprint density at radius 3 is 2.94 bits per heavy atom. The first-order chi connectivity index (χ1) is 8.27. The van der Waals surface area contributed by atoms with Crippen LogP contribution in [0.1, 0.15) is 6.92 Å². The maximum absolute atomic E-state index is 8.52. The molecular weight excluding hydrogens is 222 g/mol. The summed E-state index contributed by atoms with van der Waals surface area (Å²) in [4.78, 5) is 4.22. The van der Waals surface area contributed by atoms with Gasteiger partial charge in [0, 0.05) is 6.54 Å². The Labute approximate surface area is 101 Å². The molecule has 0 radical (unpaired) electrons. The summed E-state index contributed by atoms with van der Waals surface area (Å²) in [7, 11) is 0. The lowest BCUT2D eigenvalue weighted by atomic mass is 10.4. The molecule has 6 nitrogen and oxygen atoms in total. The van der Waals surface area contributed by atoms with Gasteiger partial charge in [-0.25, -0.2) is 0 Å². The third-order valence-electron chi connectivity index (χ3n) is 1.96. The molecule has 0 aliphatic carbocycles. The van der Waals surface area contributed by atoms with Crippen LogP contribution >= 0.6 is 0 Å². The van der Waals surface area contributed by atoms with E-state index in [1.165, 1.54) is 0 Å². The molecular formula is C11H19N3O3. The van der Waals surface area contributed by atoms with Crippen LogP contribution in [0.4, 0.5) is 11.5 Å². The lowest BCUT2D eigenvalue weighted by molar-refractivity contribution is 0.0992. The second-order valence-corrected chi connectivity index (χ2v) is 3.29. The SMILES string of the molecule is CCOc1nc(NCCOCCO)ccc1N. The maximum Gasteiger partial charge on any atom is 0.239 e. The van der Waals surface area contributed by atoms with Gasteiger partial charge in [-0.15, -0.1) is 0 Å². The van der Waals surface area contributed by atoms with Crippen molar-refractivity contribution in [1.29, 1.82) is 0 Å². The van der Waals surface area contributed by atoms with Gasteiger partial charge in [0.1, 0.15) is 5.82 Å². The lowest BCUT2D eigenvalue weighted by Gasteiger charge is -2.09. The minimum absolute atomic E-state index is 0.0363. The number of nitrogens with two attached hydrogens (primary N) is 1. The fraction of sp³-hybridized carbons (Fsp3) is 0.545. The fourth-order valence-corrected chi connectivity index (χ4v) is 1.22. The number of nitrogens with one attached hydrogen (secondary N) is 1. The summed E-state index contributed by atoms with van der Waals surface area (Å²) >= 11 is 0. The zero-order valence-corrected chi connectivity index (χ0v) is 9.98. The number of rotatable bonds is 8. The topological polar surface area (TPSA) is 89.6 Å². The third kappa shape index (κ3) is 4.88. The van der Waals surface area contributed by atoms with Gasteiger partial charge in [-0.05, 0) is 19.1 Å². The quantitative estimate of drug-likeness (QED) is 0.574. The highest BCUT2D eigenvalue weighted by Gasteiger charge is 2.03. The van der Waals surface area contributed by atoms with Crippen molar-refractivity contribution in [2.24, 2.45) is 0 Å². The molecule has 0 saturated heterocycles. The lowest BCUT2D eigenvalue weighted by Crippen LogP contribution is -2.12. The number of anilines is 2. The summed E-state index contributed by atoms with van der Waals surface area (Å²) in [5.41, 5.74) is 6.22. The third-order valence-corrected chi connectivity index (χ3v) is 1.96. The average molecular weight is 241 g/mol. The van der Waals surface area contributed by atoms with Crippen molar-refractivity contribution in [2.75, 3.05) is 44.0 Å². The van der Waals surface area contributed by atoms with E-state index in [0.29, 0.717) is 43.8 Å². The Kier molecular flexibility index (Phi) is 6.13. The summed E-state index contributed by atoms with van der Waals surface area (Å²) < 4.78 is 10.4. The predicted octanol–water partition coefficient (Wildman–Crippen LogP) is 0.483. The number of pyridine rings is 1. The van der Waals surface area contributed by atoms with Gasteiger partial charge < -0.3 is 25.6 Å². The molecule has 0 unspecified atom stereocenters. The van der Waals surface area contributed by atoms with E-state index in [0.717, 1.165) is 0 Å². The van der Waals surface area contributed by atoms with Crippen molar-refractivity contribution in [3.63, 3.8) is 0 Å². The minimum atomic E-state index is 0.0363. The first kappa shape index (κ1) is 13.5. The van der Waals surface area contributed by atoms with Gasteiger partial charge in [0.15, 0.2) is 0 Å². The molecule has 0 saturated carbocycles. The maximum atomic E-state index is 8.52. The molecule has 0 atom stereocenters. The highest BCUT2D eigenvalue weighted by molar-refractivity contribution is 5.53. The van der Waals surface area contributed by atoms with Gasteiger partial charge in [0.25, 0.3) is 0 Å². The molecule has 1 heterocycles. The van der Waals surface area contributed by atoms with Crippen LogP contribution in [-0.4, -0.2) is 43.1 Å². The Balaban J connectivity index is 2.40. The monoisotopic (exact) mass is 241 g/mol. The summed E-state index contributed by atoms with van der Waals surface area (Å²) in [5, 5.41) is 11.6. The molecule has 1 rings (SSSR count). The standard InChI is InChI=1S/C11H19N3O3/c1-2-17-11-9(12)3-4-10(14-11)13-5-7-16-8-6-15/h3-4,15H,2,5-8,12H2,1H3,(H,13,14). The van der Waals surface area contributed by atoms with E-state index in [9.17, 15) is 0 Å². The Bertz CT molecular complexity index is 334. The van der Waals surface area contributed by atoms with Crippen molar-refractivity contribution in [3.8, 4) is 5.88 Å². The van der Waals surface area contributed by atoms with Crippen LogP contribution in [0, 0.1) is 0 Å². The van der Waals surface area contributed by atoms with Gasteiger partial charge in [-0.2, -0.15) is 4.98 Å². The number of aliphatic hydroxyl groups is 1. The van der Waals surface area contributed by atoms with Crippen molar-refractivity contribution >= 4 is 11.5 Å². The molecule has 96 valence electrons. The van der Waals surface area contributed by atoms with Gasteiger partial charge in [-0.3, -0.25) is 0 Å². The summed E-state index contributed by atoms with van der Waals surface area (Å²) in [6.07, 6.45) is 0. The van der Waals surface area contributed by atoms with E-state index in [4.69, 9.17) is 20.3 Å². The molecule has 0 aliphatic rings. The second kappa shape index (κ2) is 7.70. The first-order valence-corrected chi connectivity index (χ1v) is 5.59. The smallest absolute Gasteiger partial charge is 0.239 e. The number of hydrogen-bond acceptors (Lipinski definition) is 6. The van der Waals surface area contributed by atoms with Crippen LogP contribution in [0.2, 0.25) is 0 Å². The molecule has 0 fully saturated rings. The molecule has 1 aromatic heterocycles. The molecule has 0 aromatic carbocycles. The van der Waals surface area contributed by atoms with Gasteiger partial charge in [0.2, 0.25) is 5.88 Å². The van der Waals surface area contributed by atoms with E-state index in [2.05, 4.69) is 10.3 Å². The second-order valence-electron chi connectivity index (χ2n) is 3.29. The molecule has 0 bridgehead atoms. The van der Waals surface area contributed by atoms with E-state index in [1.54, 1.807) is 12.1 Å². The molecule has 4 N–H and O–H groups in total. The average Bonchev–Trinajstić information content (AvgIpc) is 2.33. The van der Waals surface area contributed by atoms with Gasteiger partial charge >= 0.3 is 0 Å². The Morgan fingerprint density at radius 1 is 1.41 bits per heavy atom. The number of ether oxygens (including phenoxy) is 2. The van der Waals surface area contributed by atoms with Crippen molar-refractivity contribution < 1.29 is 14.6 Å². The van der Waals surface area contributed by atoms with Gasteiger partial charge in [0.05, 0.1) is 32.1 Å². The van der Waals surface area contributed by atoms with Crippen LogP contribution in [0.5, 0.6) is 5.88 Å². The molecule has 0 amide bonds. The summed E-state index contributed by atoms with van der Waals surface area (Å²) in [5.74, 6) is 1.13. The molecule has 17 heavy (non-hydrogen) atoms. The number of nitrogen functional groups attached to an aromatic ring is 1. The van der Waals surface area contributed by atoms with E-state index >= 15 is 0 Å². The number of aromatic nitrogens is 1. The predicted molar refractivity (Wildman–Crippen MR) is 66.2 cm³/mol. The summed E-state index contributed by atoms with van der Waals surface area (Å²) in [6, 6.07) is 3.53. The number of hydrogen-bond donors (Lipinski definition) is 3. The largest absolute Gasteiger partial charge is 0.476 e. The molecule has 1 aromatic rings. The van der Waals surface area contributed by atoms with Crippen LogP contribution in [0.15, 0.2) is 12.1 Å². The Morgan fingerprint density at radius 2 is 2.24 bits per heavy atom. The summed E-state index contributed by atoms with van der Waals surface area (Å²) in [6.45, 7) is 3.92. The molecule has 0 spiro atoms. The first-order valence-electron chi connectivity index (χ1n) is 5.59. The van der Waals surface area contributed by atoms with Crippen molar-refractivity contribution in [2.45, 2.75) is 6.92 Å². The van der Waals surface area contributed by atoms with Crippen LogP contribution in [0.3, 0.4) is 0 Å². The zero-order valence-electron chi connectivity index (χ0n) is 9.98. The fourth-order valence-electron chi connectivity index (χ4n) is 1.22. The highest BCUT2D eigenvalue weighted by Crippen LogP contribution is 2.20. The minimum Gasteiger partial charge on any atom is -0.476 e. The van der Waals surface area contributed by atoms with Crippen LogP contribution in [-0.2, 0) is 4.74 Å². The van der Waals surface area contributed by atoms with Gasteiger partial charge in [-0.1, -0.05) is 0 Å². The van der Waals surface area contributed by atoms with Crippen molar-refractivity contribution in [1.82, 2.24) is 4.98 Å². The molecule has 6 heteroatoms. The van der Waals surface area contributed by atoms with Crippen molar-refractivity contribution in [3.05, 3.63) is 12.1 Å². The Hall–Kier alpha value is -1.53. The van der Waals surface area contributed by atoms with E-state index < -0.39 is 0 Å². The van der Waals surface area contributed by atoms with Crippen LogP contribution in [0.25, 0.3) is 0 Å². The van der Waals surface area contributed by atoms with E-state index in [1.807, 2.05) is 6.92 Å². The zero-order chi connectivity index (χ0) is 12.5. The van der Waals surface area contributed by atoms with Crippen LogP contribution < -0.4 is 15.8 Å². The van der Waals surface area contributed by atoms with E-state index in [-0.39, 0.29) is 6.61 Å². The number of aliphatic hydroxyl groups excluding tert-OH is 1. The number of nitrogens with zero attached hydrogens (tertiary/aromatic N) is 1.